The molecule has 0 saturated heterocycles. The number of rotatable bonds is 5. The van der Waals surface area contributed by atoms with Crippen molar-refractivity contribution < 1.29 is 9.50 Å². The molecule has 1 nitrogen and oxygen atoms in total. The number of aliphatic hydroxyl groups excluding tert-OH is 1. The van der Waals surface area contributed by atoms with Gasteiger partial charge in [-0.3, -0.25) is 0 Å². The summed E-state index contributed by atoms with van der Waals surface area (Å²) in [6.45, 7) is 2.08. The van der Waals surface area contributed by atoms with Gasteiger partial charge >= 0.3 is 0 Å². The van der Waals surface area contributed by atoms with Crippen molar-refractivity contribution in [1.82, 2.24) is 0 Å². The molecule has 0 aliphatic heterocycles. The van der Waals surface area contributed by atoms with E-state index in [4.69, 9.17) is 0 Å². The highest BCUT2D eigenvalue weighted by Crippen LogP contribution is 2.41. The highest BCUT2D eigenvalue weighted by Gasteiger charge is 2.36. The van der Waals surface area contributed by atoms with Gasteiger partial charge in [-0.15, -0.1) is 0 Å². The van der Waals surface area contributed by atoms with E-state index >= 15 is 0 Å². The van der Waals surface area contributed by atoms with E-state index < -0.39 is 0 Å². The average molecular weight is 222 g/mol. The molecule has 1 fully saturated rings. The van der Waals surface area contributed by atoms with Crippen LogP contribution in [0.2, 0.25) is 0 Å². The first-order chi connectivity index (χ1) is 7.74. The minimum Gasteiger partial charge on any atom is -0.392 e. The van der Waals surface area contributed by atoms with Gasteiger partial charge in [0.2, 0.25) is 0 Å². The van der Waals surface area contributed by atoms with E-state index in [9.17, 15) is 9.50 Å². The van der Waals surface area contributed by atoms with Gasteiger partial charge in [0.1, 0.15) is 5.82 Å². The Morgan fingerprint density at radius 1 is 1.38 bits per heavy atom. The number of aliphatic hydroxyl groups is 1. The number of hydrogen-bond donors (Lipinski definition) is 1. The van der Waals surface area contributed by atoms with Crippen molar-refractivity contribution in [3.63, 3.8) is 0 Å². The van der Waals surface area contributed by atoms with Crippen LogP contribution in [0.3, 0.4) is 0 Å². The second kappa shape index (κ2) is 4.96. The Bertz CT molecular complexity index is 346. The van der Waals surface area contributed by atoms with Crippen LogP contribution in [0.1, 0.15) is 44.1 Å². The zero-order valence-corrected chi connectivity index (χ0v) is 9.70. The van der Waals surface area contributed by atoms with Gasteiger partial charge in [-0.1, -0.05) is 31.5 Å². The Morgan fingerprint density at radius 3 is 2.62 bits per heavy atom. The summed E-state index contributed by atoms with van der Waals surface area (Å²) in [5.41, 5.74) is 0.684. The Kier molecular flexibility index (Phi) is 3.59. The minimum absolute atomic E-state index is 0.0290. The molecule has 1 aliphatic rings. The molecule has 0 aromatic heterocycles. The Labute approximate surface area is 96.3 Å². The van der Waals surface area contributed by atoms with Crippen LogP contribution in [0, 0.1) is 11.7 Å². The second-order valence-electron chi connectivity index (χ2n) is 4.74. The van der Waals surface area contributed by atoms with Crippen molar-refractivity contribution >= 4 is 0 Å². The third kappa shape index (κ3) is 2.43. The van der Waals surface area contributed by atoms with Crippen molar-refractivity contribution in [1.29, 1.82) is 0 Å². The lowest BCUT2D eigenvalue weighted by molar-refractivity contribution is 0.114. The molecule has 1 aromatic rings. The van der Waals surface area contributed by atoms with Crippen LogP contribution in [0.15, 0.2) is 24.3 Å². The maximum atomic E-state index is 13.7. The van der Waals surface area contributed by atoms with Crippen LogP contribution in [-0.2, 0) is 0 Å². The molecule has 1 N–H and O–H groups in total. The fourth-order valence-electron chi connectivity index (χ4n) is 2.36. The van der Waals surface area contributed by atoms with Crippen LogP contribution >= 0.6 is 0 Å². The van der Waals surface area contributed by atoms with Crippen LogP contribution in [0.5, 0.6) is 0 Å². The van der Waals surface area contributed by atoms with Gasteiger partial charge in [0.15, 0.2) is 0 Å². The molecule has 0 radical (unpaired) electrons. The van der Waals surface area contributed by atoms with Gasteiger partial charge in [0, 0.05) is 5.92 Å². The van der Waals surface area contributed by atoms with Crippen molar-refractivity contribution in [3.8, 4) is 0 Å². The molecule has 0 spiro atoms. The van der Waals surface area contributed by atoms with Gasteiger partial charge in [-0.25, -0.2) is 4.39 Å². The van der Waals surface area contributed by atoms with Gasteiger partial charge in [0.05, 0.1) is 6.10 Å². The zero-order valence-electron chi connectivity index (χ0n) is 9.70. The molecule has 1 aliphatic carbocycles. The standard InChI is InChI=1S/C14H19FO/c1-2-5-12(14(16)10-8-9-10)11-6-3-4-7-13(11)15/h3-4,6-7,10,12,14,16H,2,5,8-9H2,1H3. The van der Waals surface area contributed by atoms with Crippen LogP contribution in [0.25, 0.3) is 0 Å². The average Bonchev–Trinajstić information content (AvgIpc) is 3.10. The topological polar surface area (TPSA) is 20.2 Å². The second-order valence-corrected chi connectivity index (χ2v) is 4.74. The van der Waals surface area contributed by atoms with Gasteiger partial charge in [-0.05, 0) is 36.8 Å². The Morgan fingerprint density at radius 2 is 2.06 bits per heavy atom. The largest absolute Gasteiger partial charge is 0.392 e. The molecule has 0 heterocycles. The lowest BCUT2D eigenvalue weighted by Gasteiger charge is -2.23. The van der Waals surface area contributed by atoms with E-state index in [1.165, 1.54) is 6.07 Å². The molecule has 1 saturated carbocycles. The van der Waals surface area contributed by atoms with E-state index in [2.05, 4.69) is 6.92 Å². The predicted octanol–water partition coefficient (Wildman–Crippen LogP) is 3.48. The number of benzene rings is 1. The monoisotopic (exact) mass is 222 g/mol. The highest BCUT2D eigenvalue weighted by atomic mass is 19.1. The summed E-state index contributed by atoms with van der Waals surface area (Å²) in [6, 6.07) is 6.84. The zero-order chi connectivity index (χ0) is 11.5. The maximum Gasteiger partial charge on any atom is 0.126 e. The fourth-order valence-corrected chi connectivity index (χ4v) is 2.36. The molecule has 2 unspecified atom stereocenters. The van der Waals surface area contributed by atoms with Crippen LogP contribution < -0.4 is 0 Å². The summed E-state index contributed by atoms with van der Waals surface area (Å²) in [6.07, 6.45) is 3.66. The van der Waals surface area contributed by atoms with Crippen LogP contribution in [-0.4, -0.2) is 11.2 Å². The van der Waals surface area contributed by atoms with Crippen molar-refractivity contribution in [2.75, 3.05) is 0 Å². The highest BCUT2D eigenvalue weighted by molar-refractivity contribution is 5.23. The lowest BCUT2D eigenvalue weighted by atomic mass is 9.87. The SMILES string of the molecule is CCCC(c1ccccc1F)C(O)C1CC1. The first-order valence-electron chi connectivity index (χ1n) is 6.16. The summed E-state index contributed by atoms with van der Waals surface area (Å²) >= 11 is 0. The third-order valence-electron chi connectivity index (χ3n) is 3.42. The summed E-state index contributed by atoms with van der Waals surface area (Å²) in [5.74, 6) is 0.190. The summed E-state index contributed by atoms with van der Waals surface area (Å²) in [7, 11) is 0. The molecule has 0 bridgehead atoms. The fraction of sp³-hybridized carbons (Fsp3) is 0.571. The molecule has 1 aromatic carbocycles. The molecule has 2 atom stereocenters. The Balaban J connectivity index is 2.20. The molecule has 2 heteroatoms. The third-order valence-corrected chi connectivity index (χ3v) is 3.42. The lowest BCUT2D eigenvalue weighted by Crippen LogP contribution is -2.21. The molecule has 2 rings (SSSR count). The minimum atomic E-state index is -0.364. The smallest absolute Gasteiger partial charge is 0.126 e. The van der Waals surface area contributed by atoms with Crippen molar-refractivity contribution in [3.05, 3.63) is 35.6 Å². The summed E-state index contributed by atoms with van der Waals surface area (Å²) < 4.78 is 13.7. The van der Waals surface area contributed by atoms with Gasteiger partial charge in [0.25, 0.3) is 0 Å². The van der Waals surface area contributed by atoms with E-state index in [1.54, 1.807) is 12.1 Å². The van der Waals surface area contributed by atoms with Crippen molar-refractivity contribution in [2.24, 2.45) is 5.92 Å². The number of halogens is 1. The maximum absolute atomic E-state index is 13.7. The molecular weight excluding hydrogens is 203 g/mol. The normalized spacial score (nSPS) is 19.4. The van der Waals surface area contributed by atoms with E-state index in [0.29, 0.717) is 11.5 Å². The molecule has 88 valence electrons. The van der Waals surface area contributed by atoms with E-state index in [1.807, 2.05) is 6.07 Å². The van der Waals surface area contributed by atoms with Gasteiger partial charge < -0.3 is 5.11 Å². The van der Waals surface area contributed by atoms with Crippen molar-refractivity contribution in [2.45, 2.75) is 44.6 Å². The molecule has 16 heavy (non-hydrogen) atoms. The first kappa shape index (κ1) is 11.6. The van der Waals surface area contributed by atoms with Gasteiger partial charge in [-0.2, -0.15) is 0 Å². The quantitative estimate of drug-likeness (QED) is 0.808. The molecule has 0 amide bonds. The Hall–Kier alpha value is -0.890. The number of hydrogen-bond acceptors (Lipinski definition) is 1. The molecular formula is C14H19FO. The van der Waals surface area contributed by atoms with E-state index in [0.717, 1.165) is 25.7 Å². The predicted molar refractivity (Wildman–Crippen MR) is 62.8 cm³/mol. The first-order valence-corrected chi connectivity index (χ1v) is 6.16. The van der Waals surface area contributed by atoms with E-state index in [-0.39, 0.29) is 17.8 Å². The van der Waals surface area contributed by atoms with Crippen LogP contribution in [0.4, 0.5) is 4.39 Å². The summed E-state index contributed by atoms with van der Waals surface area (Å²) in [4.78, 5) is 0. The summed E-state index contributed by atoms with van der Waals surface area (Å²) in [5, 5.41) is 10.2.